The molecule has 0 aliphatic heterocycles. The van der Waals surface area contributed by atoms with Gasteiger partial charge in [-0.15, -0.1) is 0 Å². The fourth-order valence-electron chi connectivity index (χ4n) is 1.76. The molecule has 0 atom stereocenters. The normalized spacial score (nSPS) is 14.4. The quantitative estimate of drug-likeness (QED) is 0.892. The molecule has 1 fully saturated rings. The van der Waals surface area contributed by atoms with Crippen molar-refractivity contribution in [1.82, 2.24) is 15.3 Å². The van der Waals surface area contributed by atoms with E-state index in [1.807, 2.05) is 37.4 Å². The Balaban J connectivity index is 1.59. The van der Waals surface area contributed by atoms with Crippen molar-refractivity contribution < 1.29 is 4.74 Å². The molecule has 4 nitrogen and oxygen atoms in total. The van der Waals surface area contributed by atoms with Crippen LogP contribution < -0.4 is 10.1 Å². The molecule has 19 heavy (non-hydrogen) atoms. The third kappa shape index (κ3) is 3.51. The second-order valence-electron chi connectivity index (χ2n) is 4.90. The molecule has 0 spiro atoms. The van der Waals surface area contributed by atoms with Crippen LogP contribution >= 0.6 is 0 Å². The van der Waals surface area contributed by atoms with E-state index in [-0.39, 0.29) is 0 Å². The number of hydrogen-bond donors (Lipinski definition) is 1. The predicted octanol–water partition coefficient (Wildman–Crippen LogP) is 2.83. The van der Waals surface area contributed by atoms with E-state index in [0.29, 0.717) is 11.6 Å². The Morgan fingerprint density at radius 1 is 1.16 bits per heavy atom. The largest absolute Gasteiger partial charge is 0.437 e. The maximum atomic E-state index is 5.63. The molecular weight excluding hydrogens is 238 g/mol. The molecule has 3 rings (SSSR count). The standard InChI is InChI=1S/C15H17N3O/c1-11-2-6-14(10-16-11)19-15-7-3-12(9-18-15)8-17-13-4-5-13/h2-3,6-7,9-10,13,17H,4-5,8H2,1H3. The first-order chi connectivity index (χ1) is 9.29. The second-order valence-corrected chi connectivity index (χ2v) is 4.90. The van der Waals surface area contributed by atoms with Crippen molar-refractivity contribution >= 4 is 0 Å². The Hall–Kier alpha value is -1.94. The minimum Gasteiger partial charge on any atom is -0.437 e. The molecule has 98 valence electrons. The molecule has 1 saturated carbocycles. The first kappa shape index (κ1) is 12.1. The third-order valence-electron chi connectivity index (χ3n) is 3.08. The Bertz CT molecular complexity index is 532. The second kappa shape index (κ2) is 5.36. The van der Waals surface area contributed by atoms with Gasteiger partial charge in [-0.25, -0.2) is 4.98 Å². The zero-order valence-electron chi connectivity index (χ0n) is 11.0. The minimum atomic E-state index is 0.598. The lowest BCUT2D eigenvalue weighted by molar-refractivity contribution is 0.460. The van der Waals surface area contributed by atoms with Crippen LogP contribution in [0, 0.1) is 6.92 Å². The van der Waals surface area contributed by atoms with E-state index >= 15 is 0 Å². The van der Waals surface area contributed by atoms with Crippen LogP contribution in [-0.2, 0) is 6.54 Å². The summed E-state index contributed by atoms with van der Waals surface area (Å²) in [5, 5.41) is 3.46. The lowest BCUT2D eigenvalue weighted by Crippen LogP contribution is -2.15. The average molecular weight is 255 g/mol. The molecule has 1 aliphatic rings. The molecule has 1 aliphatic carbocycles. The zero-order chi connectivity index (χ0) is 13.1. The fraction of sp³-hybridized carbons (Fsp3) is 0.333. The number of nitrogens with one attached hydrogen (secondary N) is 1. The van der Waals surface area contributed by atoms with Crippen LogP contribution in [-0.4, -0.2) is 16.0 Å². The lowest BCUT2D eigenvalue weighted by Gasteiger charge is -2.06. The fourth-order valence-corrected chi connectivity index (χ4v) is 1.76. The predicted molar refractivity (Wildman–Crippen MR) is 73.1 cm³/mol. The summed E-state index contributed by atoms with van der Waals surface area (Å²) in [5.41, 5.74) is 2.16. The highest BCUT2D eigenvalue weighted by Crippen LogP contribution is 2.20. The Kier molecular flexibility index (Phi) is 3.42. The van der Waals surface area contributed by atoms with E-state index in [2.05, 4.69) is 15.3 Å². The first-order valence-corrected chi connectivity index (χ1v) is 6.58. The number of hydrogen-bond acceptors (Lipinski definition) is 4. The maximum absolute atomic E-state index is 5.63. The molecular formula is C15H17N3O. The van der Waals surface area contributed by atoms with Crippen molar-refractivity contribution in [3.05, 3.63) is 47.9 Å². The molecule has 1 N–H and O–H groups in total. The van der Waals surface area contributed by atoms with Crippen molar-refractivity contribution in [3.8, 4) is 11.6 Å². The highest BCUT2D eigenvalue weighted by Gasteiger charge is 2.19. The number of nitrogens with zero attached hydrogens (tertiary/aromatic N) is 2. The lowest BCUT2D eigenvalue weighted by atomic mass is 10.3. The van der Waals surface area contributed by atoms with Crippen molar-refractivity contribution in [1.29, 1.82) is 0 Å². The van der Waals surface area contributed by atoms with Gasteiger partial charge < -0.3 is 10.1 Å². The highest BCUT2D eigenvalue weighted by molar-refractivity contribution is 5.26. The van der Waals surface area contributed by atoms with Gasteiger partial charge in [-0.05, 0) is 37.5 Å². The Morgan fingerprint density at radius 2 is 2.05 bits per heavy atom. The van der Waals surface area contributed by atoms with Gasteiger partial charge in [0.25, 0.3) is 0 Å². The van der Waals surface area contributed by atoms with Gasteiger partial charge in [0.05, 0.1) is 6.20 Å². The SMILES string of the molecule is Cc1ccc(Oc2ccc(CNC3CC3)cn2)cn1. The van der Waals surface area contributed by atoms with Crippen LogP contribution in [0.1, 0.15) is 24.1 Å². The number of rotatable bonds is 5. The van der Waals surface area contributed by atoms with E-state index in [4.69, 9.17) is 4.74 Å². The van der Waals surface area contributed by atoms with Gasteiger partial charge in [0.15, 0.2) is 0 Å². The topological polar surface area (TPSA) is 47.0 Å². The molecule has 0 amide bonds. The molecule has 4 heteroatoms. The molecule has 2 aromatic rings. The molecule has 2 heterocycles. The van der Waals surface area contributed by atoms with Crippen molar-refractivity contribution in [2.24, 2.45) is 0 Å². The molecule has 2 aromatic heterocycles. The van der Waals surface area contributed by atoms with E-state index in [9.17, 15) is 0 Å². The van der Waals surface area contributed by atoms with E-state index in [0.717, 1.165) is 18.3 Å². The maximum Gasteiger partial charge on any atom is 0.219 e. The first-order valence-electron chi connectivity index (χ1n) is 6.58. The number of ether oxygens (including phenoxy) is 1. The van der Waals surface area contributed by atoms with Gasteiger partial charge in [0.1, 0.15) is 5.75 Å². The summed E-state index contributed by atoms with van der Waals surface area (Å²) in [6.07, 6.45) is 6.16. The summed E-state index contributed by atoms with van der Waals surface area (Å²) in [7, 11) is 0. The number of aromatic nitrogens is 2. The minimum absolute atomic E-state index is 0.598. The third-order valence-corrected chi connectivity index (χ3v) is 3.08. The van der Waals surface area contributed by atoms with Gasteiger partial charge >= 0.3 is 0 Å². The van der Waals surface area contributed by atoms with Crippen LogP contribution in [0.2, 0.25) is 0 Å². The van der Waals surface area contributed by atoms with Crippen LogP contribution in [0.15, 0.2) is 36.7 Å². The zero-order valence-corrected chi connectivity index (χ0v) is 11.0. The van der Waals surface area contributed by atoms with Gasteiger partial charge in [-0.1, -0.05) is 6.07 Å². The summed E-state index contributed by atoms with van der Waals surface area (Å²) in [6.45, 7) is 2.83. The number of aryl methyl sites for hydroxylation is 1. The van der Waals surface area contributed by atoms with Gasteiger partial charge in [-0.2, -0.15) is 0 Å². The smallest absolute Gasteiger partial charge is 0.219 e. The van der Waals surface area contributed by atoms with Gasteiger partial charge in [-0.3, -0.25) is 4.98 Å². The Morgan fingerprint density at radius 3 is 2.68 bits per heavy atom. The summed E-state index contributed by atoms with van der Waals surface area (Å²) in [4.78, 5) is 8.49. The van der Waals surface area contributed by atoms with Crippen molar-refractivity contribution in [3.63, 3.8) is 0 Å². The monoisotopic (exact) mass is 255 g/mol. The molecule has 0 unspecified atom stereocenters. The summed E-state index contributed by atoms with van der Waals surface area (Å²) in [5.74, 6) is 1.31. The van der Waals surface area contributed by atoms with E-state index in [1.54, 1.807) is 6.20 Å². The highest BCUT2D eigenvalue weighted by atomic mass is 16.5. The van der Waals surface area contributed by atoms with Crippen LogP contribution in [0.4, 0.5) is 0 Å². The molecule has 0 radical (unpaired) electrons. The van der Waals surface area contributed by atoms with Gasteiger partial charge in [0.2, 0.25) is 5.88 Å². The molecule has 0 aromatic carbocycles. The Labute approximate surface area is 112 Å². The van der Waals surface area contributed by atoms with E-state index in [1.165, 1.54) is 18.4 Å². The molecule has 0 bridgehead atoms. The van der Waals surface area contributed by atoms with E-state index < -0.39 is 0 Å². The van der Waals surface area contributed by atoms with Crippen molar-refractivity contribution in [2.45, 2.75) is 32.4 Å². The van der Waals surface area contributed by atoms with Crippen LogP contribution in [0.3, 0.4) is 0 Å². The molecule has 0 saturated heterocycles. The average Bonchev–Trinajstić information content (AvgIpc) is 3.25. The number of pyridine rings is 2. The summed E-state index contributed by atoms with van der Waals surface area (Å²) < 4.78 is 5.63. The van der Waals surface area contributed by atoms with Gasteiger partial charge in [0, 0.05) is 30.5 Å². The summed E-state index contributed by atoms with van der Waals surface area (Å²) in [6, 6.07) is 8.47. The van der Waals surface area contributed by atoms with Crippen LogP contribution in [0.5, 0.6) is 11.6 Å². The summed E-state index contributed by atoms with van der Waals surface area (Å²) >= 11 is 0. The van der Waals surface area contributed by atoms with Crippen molar-refractivity contribution in [2.75, 3.05) is 0 Å². The van der Waals surface area contributed by atoms with Crippen LogP contribution in [0.25, 0.3) is 0 Å².